The van der Waals surface area contributed by atoms with Crippen LogP contribution in [0.1, 0.15) is 0 Å². The molecule has 0 atom stereocenters. The van der Waals surface area contributed by atoms with Gasteiger partial charge >= 0.3 is 0 Å². The van der Waals surface area contributed by atoms with Crippen molar-refractivity contribution in [2.45, 2.75) is 0 Å². The summed E-state index contributed by atoms with van der Waals surface area (Å²) in [5.41, 5.74) is 0. The van der Waals surface area contributed by atoms with Gasteiger partial charge in [0.15, 0.2) is 0 Å². The molecule has 0 unspecified atom stereocenters. The first-order valence-electron chi connectivity index (χ1n) is 5.85. The first-order chi connectivity index (χ1) is 8.85. The van der Waals surface area contributed by atoms with E-state index >= 15 is 0 Å². The molecule has 2 rings (SSSR count). The molecular formula is C16H16O2. The molecule has 0 saturated carbocycles. The number of hydrogen-bond donors (Lipinski definition) is 0. The van der Waals surface area contributed by atoms with Crippen LogP contribution in [0.4, 0.5) is 0 Å². The largest absolute Gasteiger partial charge is 0.490 e. The molecule has 2 aromatic rings. The van der Waals surface area contributed by atoms with E-state index in [-0.39, 0.29) is 0 Å². The van der Waals surface area contributed by atoms with Gasteiger partial charge in [-0.1, -0.05) is 43.5 Å². The van der Waals surface area contributed by atoms with Crippen LogP contribution in [0.3, 0.4) is 0 Å². The number of fused-ring (bicyclic) bond motifs is 1. The predicted octanol–water partition coefficient (Wildman–Crippen LogP) is 3.97. The second-order valence-corrected chi connectivity index (χ2v) is 3.84. The Bertz CT molecular complexity index is 558. The third kappa shape index (κ3) is 2.72. The van der Waals surface area contributed by atoms with Crippen molar-refractivity contribution >= 4 is 10.8 Å². The smallest absolute Gasteiger partial charge is 0.127 e. The Morgan fingerprint density at radius 2 is 1.72 bits per heavy atom. The van der Waals surface area contributed by atoms with Crippen molar-refractivity contribution in [1.29, 1.82) is 0 Å². The van der Waals surface area contributed by atoms with E-state index in [0.717, 1.165) is 22.3 Å². The van der Waals surface area contributed by atoms with Crippen LogP contribution in [0.5, 0.6) is 11.5 Å². The first kappa shape index (κ1) is 12.2. The summed E-state index contributed by atoms with van der Waals surface area (Å²) in [5.74, 6) is 1.66. The zero-order valence-corrected chi connectivity index (χ0v) is 10.3. The van der Waals surface area contributed by atoms with Gasteiger partial charge in [-0.05, 0) is 23.6 Å². The molecule has 0 amide bonds. The van der Waals surface area contributed by atoms with Gasteiger partial charge in [0.25, 0.3) is 0 Å². The van der Waals surface area contributed by atoms with Crippen molar-refractivity contribution in [2.24, 2.45) is 0 Å². The van der Waals surface area contributed by atoms with Crippen LogP contribution in [0, 0.1) is 0 Å². The van der Waals surface area contributed by atoms with E-state index in [1.165, 1.54) is 0 Å². The van der Waals surface area contributed by atoms with Gasteiger partial charge in [0.2, 0.25) is 0 Å². The zero-order chi connectivity index (χ0) is 12.8. The van der Waals surface area contributed by atoms with Crippen molar-refractivity contribution in [3.63, 3.8) is 0 Å². The monoisotopic (exact) mass is 240 g/mol. The molecule has 2 aromatic carbocycles. The minimum Gasteiger partial charge on any atom is -0.490 e. The molecule has 0 aliphatic heterocycles. The van der Waals surface area contributed by atoms with Crippen molar-refractivity contribution in [3.05, 3.63) is 61.7 Å². The lowest BCUT2D eigenvalue weighted by Gasteiger charge is -2.09. The minimum atomic E-state index is 0.497. The van der Waals surface area contributed by atoms with Crippen LogP contribution < -0.4 is 9.47 Å². The lowest BCUT2D eigenvalue weighted by molar-refractivity contribution is 0.361. The molecule has 0 fully saturated rings. The third-order valence-electron chi connectivity index (χ3n) is 2.54. The molecular weight excluding hydrogens is 224 g/mol. The van der Waals surface area contributed by atoms with Crippen LogP contribution in [-0.2, 0) is 0 Å². The summed E-state index contributed by atoms with van der Waals surface area (Å²) in [6, 6.07) is 11.9. The Morgan fingerprint density at radius 1 is 0.944 bits per heavy atom. The number of benzene rings is 2. The van der Waals surface area contributed by atoms with Crippen LogP contribution in [-0.4, -0.2) is 13.2 Å². The van der Waals surface area contributed by atoms with Gasteiger partial charge in [-0.25, -0.2) is 0 Å². The Labute approximate surface area is 107 Å². The summed E-state index contributed by atoms with van der Waals surface area (Å²) in [6.07, 6.45) is 3.46. The molecule has 0 aliphatic carbocycles. The fourth-order valence-corrected chi connectivity index (χ4v) is 1.74. The summed E-state index contributed by atoms with van der Waals surface area (Å²) in [4.78, 5) is 0. The summed E-state index contributed by atoms with van der Waals surface area (Å²) in [6.45, 7) is 8.29. The third-order valence-corrected chi connectivity index (χ3v) is 2.54. The molecule has 2 nitrogen and oxygen atoms in total. The van der Waals surface area contributed by atoms with Gasteiger partial charge in [-0.3, -0.25) is 0 Å². The molecule has 0 N–H and O–H groups in total. The molecule has 0 spiro atoms. The molecule has 0 aromatic heterocycles. The number of ether oxygens (including phenoxy) is 2. The maximum atomic E-state index is 5.63. The van der Waals surface area contributed by atoms with E-state index in [1.807, 2.05) is 36.4 Å². The van der Waals surface area contributed by atoms with Crippen LogP contribution in [0.15, 0.2) is 61.7 Å². The minimum absolute atomic E-state index is 0.497. The van der Waals surface area contributed by atoms with E-state index in [4.69, 9.17) is 9.47 Å². The second-order valence-electron chi connectivity index (χ2n) is 3.84. The van der Waals surface area contributed by atoms with Crippen molar-refractivity contribution < 1.29 is 9.47 Å². The Morgan fingerprint density at radius 3 is 2.50 bits per heavy atom. The van der Waals surface area contributed by atoms with Crippen LogP contribution >= 0.6 is 0 Å². The van der Waals surface area contributed by atoms with E-state index in [0.29, 0.717) is 13.2 Å². The number of hydrogen-bond acceptors (Lipinski definition) is 2. The van der Waals surface area contributed by atoms with Gasteiger partial charge in [0.1, 0.15) is 24.7 Å². The molecule has 2 heteroatoms. The zero-order valence-electron chi connectivity index (χ0n) is 10.3. The van der Waals surface area contributed by atoms with Gasteiger partial charge in [-0.2, -0.15) is 0 Å². The van der Waals surface area contributed by atoms with E-state index in [1.54, 1.807) is 12.2 Å². The normalized spacial score (nSPS) is 10.0. The fourth-order valence-electron chi connectivity index (χ4n) is 1.74. The van der Waals surface area contributed by atoms with Crippen molar-refractivity contribution in [2.75, 3.05) is 13.2 Å². The lowest BCUT2D eigenvalue weighted by atomic mass is 10.1. The Kier molecular flexibility index (Phi) is 4.02. The van der Waals surface area contributed by atoms with Crippen molar-refractivity contribution in [1.82, 2.24) is 0 Å². The molecule has 18 heavy (non-hydrogen) atoms. The Balaban J connectivity index is 2.37. The standard InChI is InChI=1S/C16H16O2/c1-3-10-17-14-9-8-13-6-5-7-16(15(13)12-14)18-11-4-2/h3-9,12H,1-2,10-11H2. The maximum Gasteiger partial charge on any atom is 0.127 e. The SMILES string of the molecule is C=CCOc1ccc2cccc(OCC=C)c2c1. The molecule has 0 heterocycles. The highest BCUT2D eigenvalue weighted by molar-refractivity contribution is 5.89. The average molecular weight is 240 g/mol. The maximum absolute atomic E-state index is 5.63. The molecule has 0 saturated heterocycles. The van der Waals surface area contributed by atoms with Crippen LogP contribution in [0.25, 0.3) is 10.8 Å². The van der Waals surface area contributed by atoms with Gasteiger partial charge in [0, 0.05) is 5.39 Å². The fraction of sp³-hybridized carbons (Fsp3) is 0.125. The average Bonchev–Trinajstić information content (AvgIpc) is 2.42. The first-order valence-corrected chi connectivity index (χ1v) is 5.85. The molecule has 92 valence electrons. The van der Waals surface area contributed by atoms with Gasteiger partial charge < -0.3 is 9.47 Å². The summed E-state index contributed by atoms with van der Waals surface area (Å²) >= 11 is 0. The quantitative estimate of drug-likeness (QED) is 0.711. The highest BCUT2D eigenvalue weighted by atomic mass is 16.5. The lowest BCUT2D eigenvalue weighted by Crippen LogP contribution is -1.95. The van der Waals surface area contributed by atoms with Gasteiger partial charge in [-0.15, -0.1) is 0 Å². The molecule has 0 radical (unpaired) electrons. The topological polar surface area (TPSA) is 18.5 Å². The predicted molar refractivity (Wildman–Crippen MR) is 75.3 cm³/mol. The van der Waals surface area contributed by atoms with E-state index in [9.17, 15) is 0 Å². The summed E-state index contributed by atoms with van der Waals surface area (Å²) in [5, 5.41) is 2.17. The molecule has 0 bridgehead atoms. The summed E-state index contributed by atoms with van der Waals surface area (Å²) < 4.78 is 11.2. The highest BCUT2D eigenvalue weighted by Crippen LogP contribution is 2.29. The Hall–Kier alpha value is -2.22. The molecule has 0 aliphatic rings. The highest BCUT2D eigenvalue weighted by Gasteiger charge is 2.03. The summed E-state index contributed by atoms with van der Waals surface area (Å²) in [7, 11) is 0. The van der Waals surface area contributed by atoms with Crippen molar-refractivity contribution in [3.8, 4) is 11.5 Å². The van der Waals surface area contributed by atoms with Crippen LogP contribution in [0.2, 0.25) is 0 Å². The second kappa shape index (κ2) is 5.92. The van der Waals surface area contributed by atoms with E-state index < -0.39 is 0 Å². The van der Waals surface area contributed by atoms with E-state index in [2.05, 4.69) is 13.2 Å². The van der Waals surface area contributed by atoms with Gasteiger partial charge in [0.05, 0.1) is 0 Å². The number of rotatable bonds is 6.